The molecule has 18 heavy (non-hydrogen) atoms. The number of carbonyl (C=O) groups excluding carboxylic acids is 1. The number of aliphatic hydroxyl groups is 1. The van der Waals surface area contributed by atoms with Gasteiger partial charge in [-0.1, -0.05) is 0 Å². The lowest BCUT2D eigenvalue weighted by Gasteiger charge is -2.17. The maximum absolute atomic E-state index is 11.4. The normalized spacial score (nSPS) is 12.8. The molecule has 1 amide bonds. The van der Waals surface area contributed by atoms with E-state index in [2.05, 4.69) is 4.98 Å². The predicted octanol–water partition coefficient (Wildman–Crippen LogP) is 1.33. The molecule has 5 nitrogen and oxygen atoms in total. The number of amides is 1. The Balaban J connectivity index is 2.65. The third kappa shape index (κ3) is 4.36. The number of likely N-dealkylation sites (N-methyl/N-ethyl adjacent to an activating group) is 1. The average molecular weight is 271 g/mol. The Morgan fingerprint density at radius 3 is 2.78 bits per heavy atom. The van der Waals surface area contributed by atoms with Gasteiger partial charge in [0.2, 0.25) is 5.91 Å². The third-order valence-electron chi connectivity index (χ3n) is 2.47. The first kappa shape index (κ1) is 15.1. The first-order valence-corrected chi connectivity index (χ1v) is 6.91. The van der Waals surface area contributed by atoms with Crippen molar-refractivity contribution in [2.75, 3.05) is 25.0 Å². The van der Waals surface area contributed by atoms with E-state index in [0.29, 0.717) is 19.6 Å². The number of anilines is 1. The molecule has 1 unspecified atom stereocenters. The second-order valence-electron chi connectivity index (χ2n) is 4.43. The number of aliphatic hydroxyl groups excluding tert-OH is 1. The molecular formula is C12H21N3O2S. The summed E-state index contributed by atoms with van der Waals surface area (Å²) >= 11 is 1.48. The van der Waals surface area contributed by atoms with Crippen LogP contribution in [0, 0.1) is 0 Å². The number of hydrogen-bond donors (Lipinski definition) is 1. The quantitative estimate of drug-likeness (QED) is 0.848. The molecule has 1 atom stereocenters. The molecule has 0 spiro atoms. The SMILES string of the molecule is CCN(C(C)=O)c1nc(CN(C)CC(C)O)cs1. The van der Waals surface area contributed by atoms with Gasteiger partial charge in [-0.3, -0.25) is 14.6 Å². The van der Waals surface area contributed by atoms with Crippen LogP contribution in [-0.4, -0.2) is 47.1 Å². The van der Waals surface area contributed by atoms with Crippen molar-refractivity contribution >= 4 is 22.4 Å². The summed E-state index contributed by atoms with van der Waals surface area (Å²) in [5.41, 5.74) is 0.929. The van der Waals surface area contributed by atoms with Crippen LogP contribution < -0.4 is 4.90 Å². The van der Waals surface area contributed by atoms with E-state index >= 15 is 0 Å². The second-order valence-corrected chi connectivity index (χ2v) is 5.27. The largest absolute Gasteiger partial charge is 0.392 e. The van der Waals surface area contributed by atoms with Crippen LogP contribution in [0.5, 0.6) is 0 Å². The molecule has 1 aromatic heterocycles. The zero-order valence-electron chi connectivity index (χ0n) is 11.4. The summed E-state index contributed by atoms with van der Waals surface area (Å²) in [6, 6.07) is 0. The minimum Gasteiger partial charge on any atom is -0.392 e. The fourth-order valence-corrected chi connectivity index (χ4v) is 2.70. The summed E-state index contributed by atoms with van der Waals surface area (Å²) < 4.78 is 0. The molecule has 0 aromatic carbocycles. The van der Waals surface area contributed by atoms with Crippen LogP contribution in [0.1, 0.15) is 26.5 Å². The maximum atomic E-state index is 11.4. The van der Waals surface area contributed by atoms with Gasteiger partial charge in [0.25, 0.3) is 0 Å². The van der Waals surface area contributed by atoms with Gasteiger partial charge in [0.1, 0.15) is 0 Å². The van der Waals surface area contributed by atoms with E-state index in [1.807, 2.05) is 24.3 Å². The molecule has 102 valence electrons. The van der Waals surface area contributed by atoms with Crippen molar-refractivity contribution in [1.82, 2.24) is 9.88 Å². The summed E-state index contributed by atoms with van der Waals surface area (Å²) in [5.74, 6) is 0.00994. The summed E-state index contributed by atoms with van der Waals surface area (Å²) in [7, 11) is 1.94. The van der Waals surface area contributed by atoms with Gasteiger partial charge in [-0.2, -0.15) is 0 Å². The van der Waals surface area contributed by atoms with E-state index in [0.717, 1.165) is 10.8 Å². The lowest BCUT2D eigenvalue weighted by atomic mass is 10.3. The summed E-state index contributed by atoms with van der Waals surface area (Å²) in [4.78, 5) is 19.5. The van der Waals surface area contributed by atoms with Crippen LogP contribution >= 0.6 is 11.3 Å². The minimum atomic E-state index is -0.350. The molecule has 0 bridgehead atoms. The Hall–Kier alpha value is -0.980. The zero-order chi connectivity index (χ0) is 13.7. The number of thiazole rings is 1. The monoisotopic (exact) mass is 271 g/mol. The zero-order valence-corrected chi connectivity index (χ0v) is 12.2. The summed E-state index contributed by atoms with van der Waals surface area (Å²) in [5, 5.41) is 12.0. The molecule has 6 heteroatoms. The van der Waals surface area contributed by atoms with Gasteiger partial charge in [0, 0.05) is 31.9 Å². The first-order valence-electron chi connectivity index (χ1n) is 6.03. The molecule has 0 radical (unpaired) electrons. The van der Waals surface area contributed by atoms with Gasteiger partial charge < -0.3 is 5.11 Å². The molecule has 1 N–H and O–H groups in total. The topological polar surface area (TPSA) is 56.7 Å². The van der Waals surface area contributed by atoms with Crippen molar-refractivity contribution in [3.8, 4) is 0 Å². The van der Waals surface area contributed by atoms with E-state index in [1.54, 1.807) is 18.7 Å². The number of carbonyl (C=O) groups is 1. The molecular weight excluding hydrogens is 250 g/mol. The summed E-state index contributed by atoms with van der Waals surface area (Å²) in [6.45, 7) is 7.16. The maximum Gasteiger partial charge on any atom is 0.225 e. The van der Waals surface area contributed by atoms with Crippen LogP contribution in [0.4, 0.5) is 5.13 Å². The number of rotatable bonds is 6. The fourth-order valence-electron chi connectivity index (χ4n) is 1.78. The van der Waals surface area contributed by atoms with E-state index < -0.39 is 0 Å². The molecule has 1 rings (SSSR count). The number of nitrogens with zero attached hydrogens (tertiary/aromatic N) is 3. The highest BCUT2D eigenvalue weighted by atomic mass is 32.1. The molecule has 0 saturated heterocycles. The van der Waals surface area contributed by atoms with Crippen molar-refractivity contribution in [2.24, 2.45) is 0 Å². The van der Waals surface area contributed by atoms with Crippen molar-refractivity contribution in [3.63, 3.8) is 0 Å². The van der Waals surface area contributed by atoms with E-state index in [4.69, 9.17) is 0 Å². The molecule has 1 aromatic rings. The van der Waals surface area contributed by atoms with Gasteiger partial charge in [-0.05, 0) is 20.9 Å². The fraction of sp³-hybridized carbons (Fsp3) is 0.667. The van der Waals surface area contributed by atoms with E-state index in [9.17, 15) is 9.90 Å². The lowest BCUT2D eigenvalue weighted by Crippen LogP contribution is -2.28. The van der Waals surface area contributed by atoms with Crippen LogP contribution in [0.15, 0.2) is 5.38 Å². The van der Waals surface area contributed by atoms with Crippen molar-refractivity contribution < 1.29 is 9.90 Å². The molecule has 1 heterocycles. The van der Waals surface area contributed by atoms with Crippen LogP contribution in [0.25, 0.3) is 0 Å². The average Bonchev–Trinajstić information content (AvgIpc) is 2.65. The first-order chi connectivity index (χ1) is 8.43. The van der Waals surface area contributed by atoms with Gasteiger partial charge in [0.15, 0.2) is 5.13 Å². The Labute approximate surface area is 112 Å². The Morgan fingerprint density at radius 2 is 2.28 bits per heavy atom. The molecule has 0 saturated carbocycles. The van der Waals surface area contributed by atoms with E-state index in [1.165, 1.54) is 11.3 Å². The second kappa shape index (κ2) is 6.82. The van der Waals surface area contributed by atoms with Gasteiger partial charge >= 0.3 is 0 Å². The highest BCUT2D eigenvalue weighted by Gasteiger charge is 2.14. The van der Waals surface area contributed by atoms with E-state index in [-0.39, 0.29) is 12.0 Å². The van der Waals surface area contributed by atoms with Gasteiger partial charge in [-0.25, -0.2) is 4.98 Å². The molecule has 0 aliphatic carbocycles. The number of hydrogen-bond acceptors (Lipinski definition) is 5. The van der Waals surface area contributed by atoms with Crippen LogP contribution in [0.2, 0.25) is 0 Å². The smallest absolute Gasteiger partial charge is 0.225 e. The lowest BCUT2D eigenvalue weighted by molar-refractivity contribution is -0.116. The standard InChI is InChI=1S/C12H21N3O2S/c1-5-15(10(3)17)12-13-11(8-18-12)7-14(4)6-9(2)16/h8-9,16H,5-7H2,1-4H3. The Kier molecular flexibility index (Phi) is 5.71. The Bertz CT molecular complexity index is 392. The molecule has 0 aliphatic heterocycles. The third-order valence-corrected chi connectivity index (χ3v) is 3.39. The highest BCUT2D eigenvalue weighted by molar-refractivity contribution is 7.14. The van der Waals surface area contributed by atoms with Crippen LogP contribution in [0.3, 0.4) is 0 Å². The Morgan fingerprint density at radius 1 is 1.61 bits per heavy atom. The molecule has 0 aliphatic rings. The van der Waals surface area contributed by atoms with Gasteiger partial charge in [0.05, 0.1) is 11.8 Å². The van der Waals surface area contributed by atoms with Crippen molar-refractivity contribution in [3.05, 3.63) is 11.1 Å². The van der Waals surface area contributed by atoms with Gasteiger partial charge in [-0.15, -0.1) is 11.3 Å². The van der Waals surface area contributed by atoms with Crippen LogP contribution in [-0.2, 0) is 11.3 Å². The van der Waals surface area contributed by atoms with Crippen molar-refractivity contribution in [2.45, 2.75) is 33.4 Å². The predicted molar refractivity (Wildman–Crippen MR) is 73.8 cm³/mol. The highest BCUT2D eigenvalue weighted by Crippen LogP contribution is 2.21. The molecule has 0 fully saturated rings. The van der Waals surface area contributed by atoms with Crippen molar-refractivity contribution in [1.29, 1.82) is 0 Å². The number of aromatic nitrogens is 1. The minimum absolute atomic E-state index is 0.00994. The summed E-state index contributed by atoms with van der Waals surface area (Å²) in [6.07, 6.45) is -0.350.